The second kappa shape index (κ2) is 8.48. The van der Waals surface area contributed by atoms with E-state index in [1.807, 2.05) is 18.2 Å². The molecule has 0 bridgehead atoms. The number of carbonyl (C=O) groups excluding carboxylic acids is 2. The first-order valence-corrected chi connectivity index (χ1v) is 9.85. The van der Waals surface area contributed by atoms with Crippen LogP contribution in [0.3, 0.4) is 0 Å². The van der Waals surface area contributed by atoms with Gasteiger partial charge in [0.05, 0.1) is 17.1 Å². The van der Waals surface area contributed by atoms with Crippen LogP contribution in [0.2, 0.25) is 0 Å². The van der Waals surface area contributed by atoms with Gasteiger partial charge in [-0.25, -0.2) is 9.07 Å². The van der Waals surface area contributed by atoms with Crippen molar-refractivity contribution in [2.75, 3.05) is 11.1 Å². The predicted octanol–water partition coefficient (Wildman–Crippen LogP) is 3.56. The molecule has 8 heteroatoms. The van der Waals surface area contributed by atoms with E-state index >= 15 is 0 Å². The molecule has 0 atom stereocenters. The summed E-state index contributed by atoms with van der Waals surface area (Å²) < 4.78 is 17.2. The second-order valence-corrected chi connectivity index (χ2v) is 7.49. The van der Waals surface area contributed by atoms with Crippen molar-refractivity contribution < 1.29 is 14.0 Å². The molecule has 1 amide bonds. The van der Waals surface area contributed by atoms with Crippen LogP contribution in [-0.4, -0.2) is 26.8 Å². The van der Waals surface area contributed by atoms with Gasteiger partial charge in [0.1, 0.15) is 11.5 Å². The quantitative estimate of drug-likeness (QED) is 0.495. The number of nitrogens with one attached hydrogen (secondary N) is 1. The van der Waals surface area contributed by atoms with E-state index in [0.717, 1.165) is 17.8 Å². The maximum Gasteiger partial charge on any atom is 0.295 e. The fourth-order valence-corrected chi connectivity index (χ4v) is 3.59. The first-order valence-electron chi connectivity index (χ1n) is 8.86. The summed E-state index contributed by atoms with van der Waals surface area (Å²) in [6.45, 7) is 3.10. The Morgan fingerprint density at radius 2 is 1.83 bits per heavy atom. The summed E-state index contributed by atoms with van der Waals surface area (Å²) in [7, 11) is 1.74. The molecule has 1 aromatic heterocycles. The molecule has 3 aromatic rings. The summed E-state index contributed by atoms with van der Waals surface area (Å²) in [6.07, 6.45) is 0. The van der Waals surface area contributed by atoms with Crippen LogP contribution in [0.4, 0.5) is 10.1 Å². The number of halogens is 1. The predicted molar refractivity (Wildman–Crippen MR) is 112 cm³/mol. The van der Waals surface area contributed by atoms with Crippen molar-refractivity contribution in [2.24, 2.45) is 7.05 Å². The second-order valence-electron chi connectivity index (χ2n) is 6.47. The molecule has 6 nitrogen and oxygen atoms in total. The number of thioether (sulfide) groups is 1. The molecule has 0 spiro atoms. The van der Waals surface area contributed by atoms with Gasteiger partial charge in [0.2, 0.25) is 5.91 Å². The lowest BCUT2D eigenvalue weighted by atomic mass is 10.1. The minimum absolute atomic E-state index is 0.0740. The molecule has 2 aromatic carbocycles. The van der Waals surface area contributed by atoms with Gasteiger partial charge < -0.3 is 5.32 Å². The molecule has 0 aliphatic heterocycles. The van der Waals surface area contributed by atoms with E-state index in [-0.39, 0.29) is 33.2 Å². The van der Waals surface area contributed by atoms with Crippen LogP contribution < -0.4 is 10.9 Å². The molecule has 29 heavy (non-hydrogen) atoms. The number of rotatable bonds is 6. The third kappa shape index (κ3) is 4.32. The van der Waals surface area contributed by atoms with Gasteiger partial charge in [0.25, 0.3) is 5.56 Å². The molecule has 0 aliphatic carbocycles. The van der Waals surface area contributed by atoms with Crippen molar-refractivity contribution in [2.45, 2.75) is 18.7 Å². The van der Waals surface area contributed by atoms with Crippen LogP contribution >= 0.6 is 11.8 Å². The van der Waals surface area contributed by atoms with E-state index in [1.165, 1.54) is 23.7 Å². The molecule has 1 heterocycles. The number of ketones is 1. The number of amides is 1. The number of para-hydroxylation sites is 1. The van der Waals surface area contributed by atoms with Crippen molar-refractivity contribution in [1.29, 1.82) is 0 Å². The molecule has 3 rings (SSSR count). The SMILES string of the molecule is CC(=O)c1ccc(SCC(=O)Nc2c(C)n(C)n(-c3ccccc3)c2=O)c(F)c1. The van der Waals surface area contributed by atoms with Crippen LogP contribution in [0.25, 0.3) is 5.69 Å². The number of Topliss-reactive ketones (excluding diaryl/α,β-unsaturated/α-hetero) is 1. The lowest BCUT2D eigenvalue weighted by Crippen LogP contribution is -2.23. The average Bonchev–Trinajstić information content (AvgIpc) is 2.90. The van der Waals surface area contributed by atoms with Crippen molar-refractivity contribution in [3.05, 3.63) is 76.0 Å². The highest BCUT2D eigenvalue weighted by molar-refractivity contribution is 8.00. The molecule has 0 aliphatic rings. The summed E-state index contributed by atoms with van der Waals surface area (Å²) in [5.74, 6) is -1.28. The van der Waals surface area contributed by atoms with Crippen molar-refractivity contribution in [3.8, 4) is 5.69 Å². The Morgan fingerprint density at radius 1 is 1.14 bits per heavy atom. The Kier molecular flexibility index (Phi) is 6.03. The van der Waals surface area contributed by atoms with Gasteiger partial charge in [0, 0.05) is 17.5 Å². The summed E-state index contributed by atoms with van der Waals surface area (Å²) in [4.78, 5) is 36.7. The maximum absolute atomic E-state index is 14.1. The van der Waals surface area contributed by atoms with Gasteiger partial charge in [-0.2, -0.15) is 0 Å². The third-order valence-electron chi connectivity index (χ3n) is 4.52. The van der Waals surface area contributed by atoms with Crippen LogP contribution in [-0.2, 0) is 11.8 Å². The van der Waals surface area contributed by atoms with Gasteiger partial charge >= 0.3 is 0 Å². The number of benzene rings is 2. The molecule has 0 radical (unpaired) electrons. The van der Waals surface area contributed by atoms with Crippen LogP contribution in [0, 0.1) is 12.7 Å². The minimum atomic E-state index is -0.558. The number of carbonyl (C=O) groups is 2. The molecule has 0 fully saturated rings. The molecular weight excluding hydrogens is 393 g/mol. The highest BCUT2D eigenvalue weighted by Gasteiger charge is 2.18. The van der Waals surface area contributed by atoms with Crippen molar-refractivity contribution >= 4 is 29.1 Å². The standard InChI is InChI=1S/C21H20FN3O3S/c1-13-20(21(28)25(24(13)3)16-7-5-4-6-8-16)23-19(27)12-29-18-10-9-15(14(2)26)11-17(18)22/h4-11H,12H2,1-3H3,(H,23,27). The van der Waals surface area contributed by atoms with Crippen LogP contribution in [0.1, 0.15) is 23.0 Å². The number of hydrogen-bond acceptors (Lipinski definition) is 4. The molecular formula is C21H20FN3O3S. The summed E-state index contributed by atoms with van der Waals surface area (Å²) in [5, 5.41) is 2.64. The summed E-state index contributed by atoms with van der Waals surface area (Å²) in [6, 6.07) is 13.3. The fraction of sp³-hybridized carbons (Fsp3) is 0.190. The Morgan fingerprint density at radius 3 is 2.45 bits per heavy atom. The number of anilines is 1. The summed E-state index contributed by atoms with van der Waals surface area (Å²) >= 11 is 1.000. The third-order valence-corrected chi connectivity index (χ3v) is 5.56. The highest BCUT2D eigenvalue weighted by Crippen LogP contribution is 2.23. The first kappa shape index (κ1) is 20.6. The van der Waals surface area contributed by atoms with Crippen LogP contribution in [0.15, 0.2) is 58.2 Å². The zero-order valence-electron chi connectivity index (χ0n) is 16.2. The summed E-state index contributed by atoms with van der Waals surface area (Å²) in [5.41, 5.74) is 1.42. The normalized spacial score (nSPS) is 10.8. The topological polar surface area (TPSA) is 73.1 Å². The smallest absolute Gasteiger partial charge is 0.295 e. The molecule has 0 saturated carbocycles. The lowest BCUT2D eigenvalue weighted by Gasteiger charge is -2.07. The Balaban J connectivity index is 1.75. The monoisotopic (exact) mass is 413 g/mol. The number of hydrogen-bond donors (Lipinski definition) is 1. The Bertz CT molecular complexity index is 1140. The highest BCUT2D eigenvalue weighted by atomic mass is 32.2. The van der Waals surface area contributed by atoms with E-state index in [9.17, 15) is 18.8 Å². The van der Waals surface area contributed by atoms with Crippen molar-refractivity contribution in [3.63, 3.8) is 0 Å². The van der Waals surface area contributed by atoms with Gasteiger partial charge in [0.15, 0.2) is 5.78 Å². The van der Waals surface area contributed by atoms with Crippen molar-refractivity contribution in [1.82, 2.24) is 9.36 Å². The molecule has 1 N–H and O–H groups in total. The number of aromatic nitrogens is 2. The van der Waals surface area contributed by atoms with E-state index < -0.39 is 11.7 Å². The maximum atomic E-state index is 14.1. The van der Waals surface area contributed by atoms with Gasteiger partial charge in [-0.05, 0) is 38.1 Å². The van der Waals surface area contributed by atoms with Gasteiger partial charge in [-0.15, -0.1) is 11.8 Å². The first-order chi connectivity index (χ1) is 13.8. The molecule has 0 unspecified atom stereocenters. The number of nitrogens with zero attached hydrogens (tertiary/aromatic N) is 2. The van der Waals surface area contributed by atoms with E-state index in [0.29, 0.717) is 11.4 Å². The molecule has 150 valence electrons. The molecule has 0 saturated heterocycles. The zero-order chi connectivity index (χ0) is 21.1. The Labute approximate surface area is 171 Å². The van der Waals surface area contributed by atoms with Crippen LogP contribution in [0.5, 0.6) is 0 Å². The largest absolute Gasteiger partial charge is 0.319 e. The Hall–Kier alpha value is -3.13. The average molecular weight is 413 g/mol. The minimum Gasteiger partial charge on any atom is -0.319 e. The van der Waals surface area contributed by atoms with E-state index in [4.69, 9.17) is 0 Å². The van der Waals surface area contributed by atoms with E-state index in [1.54, 1.807) is 30.8 Å². The van der Waals surface area contributed by atoms with E-state index in [2.05, 4.69) is 5.32 Å². The lowest BCUT2D eigenvalue weighted by molar-refractivity contribution is -0.113. The zero-order valence-corrected chi connectivity index (χ0v) is 17.0. The van der Waals surface area contributed by atoms with Gasteiger partial charge in [-0.1, -0.05) is 24.3 Å². The fourth-order valence-electron chi connectivity index (χ4n) is 2.87. The van der Waals surface area contributed by atoms with Gasteiger partial charge in [-0.3, -0.25) is 19.1 Å².